The Morgan fingerprint density at radius 3 is 3.00 bits per heavy atom. The Balaban J connectivity index is 1.31. The first-order valence-corrected chi connectivity index (χ1v) is 8.60. The van der Waals surface area contributed by atoms with E-state index in [9.17, 15) is 4.79 Å². The van der Waals surface area contributed by atoms with Crippen LogP contribution in [0.5, 0.6) is 0 Å². The van der Waals surface area contributed by atoms with E-state index in [2.05, 4.69) is 25.6 Å². The fraction of sp³-hybridized carbons (Fsp3) is 0.312. The lowest BCUT2D eigenvalue weighted by Crippen LogP contribution is -2.26. The van der Waals surface area contributed by atoms with E-state index < -0.39 is 0 Å². The fourth-order valence-electron chi connectivity index (χ4n) is 2.36. The van der Waals surface area contributed by atoms with Crippen molar-refractivity contribution in [3.05, 3.63) is 41.2 Å². The molecule has 3 aromatic rings. The Morgan fingerprint density at radius 1 is 1.30 bits per heavy atom. The van der Waals surface area contributed by atoms with Gasteiger partial charge in [-0.25, -0.2) is 9.97 Å². The van der Waals surface area contributed by atoms with Crippen LogP contribution in [0.1, 0.15) is 29.2 Å². The molecule has 6 nitrogen and oxygen atoms in total. The summed E-state index contributed by atoms with van der Waals surface area (Å²) >= 11 is 1.48. The van der Waals surface area contributed by atoms with Crippen LogP contribution in [0.2, 0.25) is 0 Å². The molecule has 1 fully saturated rings. The predicted octanol–water partition coefficient (Wildman–Crippen LogP) is 2.57. The number of hydrogen-bond donors (Lipinski definition) is 3. The molecular weight excluding hydrogens is 310 g/mol. The van der Waals surface area contributed by atoms with Gasteiger partial charge in [0.05, 0.1) is 11.0 Å². The van der Waals surface area contributed by atoms with Gasteiger partial charge in [-0.3, -0.25) is 4.79 Å². The number of nitrogens with one attached hydrogen (secondary N) is 3. The number of thiazole rings is 1. The first-order chi connectivity index (χ1) is 11.3. The zero-order valence-corrected chi connectivity index (χ0v) is 13.3. The summed E-state index contributed by atoms with van der Waals surface area (Å²) in [4.78, 5) is 24.2. The van der Waals surface area contributed by atoms with Crippen LogP contribution >= 0.6 is 11.3 Å². The van der Waals surface area contributed by atoms with Gasteiger partial charge in [0.1, 0.15) is 11.5 Å². The molecule has 1 aliphatic carbocycles. The molecule has 0 spiro atoms. The lowest BCUT2D eigenvalue weighted by molar-refractivity contribution is 0.0950. The third-order valence-electron chi connectivity index (χ3n) is 3.73. The van der Waals surface area contributed by atoms with Crippen molar-refractivity contribution in [1.82, 2.24) is 20.3 Å². The van der Waals surface area contributed by atoms with Crippen molar-refractivity contribution in [3.8, 4) is 0 Å². The highest BCUT2D eigenvalue weighted by Gasteiger charge is 2.22. The Bertz CT molecular complexity index is 803. The molecule has 1 amide bonds. The molecule has 2 aromatic heterocycles. The number of H-pyrrole nitrogens is 1. The molecule has 0 atom stereocenters. The molecule has 2 heterocycles. The number of aromatic nitrogens is 3. The van der Waals surface area contributed by atoms with E-state index in [1.807, 2.05) is 24.3 Å². The van der Waals surface area contributed by atoms with Gasteiger partial charge in [-0.15, -0.1) is 11.3 Å². The highest BCUT2D eigenvalue weighted by Crippen LogP contribution is 2.26. The molecule has 3 N–H and O–H groups in total. The molecule has 1 saturated carbocycles. The second-order valence-corrected chi connectivity index (χ2v) is 6.52. The molecule has 0 bridgehead atoms. The standard InChI is InChI=1S/C16H17N5OS/c22-15(13-9-23-16(21-13)18-10-5-6-10)17-8-7-14-19-11-3-1-2-4-12(11)20-14/h1-4,9-10H,5-8H2,(H,17,22)(H,18,21)(H,19,20). The maximum absolute atomic E-state index is 12.1. The monoisotopic (exact) mass is 327 g/mol. The van der Waals surface area contributed by atoms with Crippen LogP contribution in [0.25, 0.3) is 11.0 Å². The number of benzene rings is 1. The highest BCUT2D eigenvalue weighted by atomic mass is 32.1. The summed E-state index contributed by atoms with van der Waals surface area (Å²) in [7, 11) is 0. The number of carbonyl (C=O) groups is 1. The number of aromatic amines is 1. The Kier molecular flexibility index (Phi) is 3.70. The maximum Gasteiger partial charge on any atom is 0.270 e. The van der Waals surface area contributed by atoms with E-state index in [1.54, 1.807) is 5.38 Å². The van der Waals surface area contributed by atoms with Gasteiger partial charge in [0.15, 0.2) is 5.13 Å². The zero-order chi connectivity index (χ0) is 15.6. The zero-order valence-electron chi connectivity index (χ0n) is 12.5. The summed E-state index contributed by atoms with van der Waals surface area (Å²) in [5.74, 6) is 0.738. The number of imidazole rings is 1. The maximum atomic E-state index is 12.1. The van der Waals surface area contributed by atoms with Gasteiger partial charge < -0.3 is 15.6 Å². The van der Waals surface area contributed by atoms with E-state index in [0.717, 1.165) is 22.0 Å². The quantitative estimate of drug-likeness (QED) is 0.650. The molecule has 0 unspecified atom stereocenters. The summed E-state index contributed by atoms with van der Waals surface area (Å²) < 4.78 is 0. The summed E-state index contributed by atoms with van der Waals surface area (Å²) in [6.45, 7) is 0.529. The van der Waals surface area contributed by atoms with Gasteiger partial charge in [-0.05, 0) is 25.0 Å². The lowest BCUT2D eigenvalue weighted by atomic mass is 10.3. The minimum absolute atomic E-state index is 0.138. The van der Waals surface area contributed by atoms with Crippen molar-refractivity contribution in [2.45, 2.75) is 25.3 Å². The topological polar surface area (TPSA) is 82.7 Å². The van der Waals surface area contributed by atoms with Crippen LogP contribution in [0.15, 0.2) is 29.6 Å². The van der Waals surface area contributed by atoms with E-state index in [1.165, 1.54) is 24.2 Å². The average molecular weight is 327 g/mol. The number of fused-ring (bicyclic) bond motifs is 1. The van der Waals surface area contributed by atoms with Crippen LogP contribution in [0, 0.1) is 0 Å². The predicted molar refractivity (Wildman–Crippen MR) is 90.9 cm³/mol. The summed E-state index contributed by atoms with van der Waals surface area (Å²) in [6.07, 6.45) is 3.05. The van der Waals surface area contributed by atoms with Crippen LogP contribution in [-0.2, 0) is 6.42 Å². The average Bonchev–Trinajstić information content (AvgIpc) is 3.08. The van der Waals surface area contributed by atoms with Crippen LogP contribution in [-0.4, -0.2) is 33.4 Å². The third-order valence-corrected chi connectivity index (χ3v) is 4.50. The Morgan fingerprint density at radius 2 is 2.17 bits per heavy atom. The van der Waals surface area contributed by atoms with Gasteiger partial charge in [-0.2, -0.15) is 0 Å². The number of nitrogens with zero attached hydrogens (tertiary/aromatic N) is 2. The highest BCUT2D eigenvalue weighted by molar-refractivity contribution is 7.13. The van der Waals surface area contributed by atoms with Gasteiger partial charge in [0.25, 0.3) is 5.91 Å². The minimum atomic E-state index is -0.138. The molecule has 118 valence electrons. The van der Waals surface area contributed by atoms with Crippen molar-refractivity contribution >= 4 is 33.4 Å². The SMILES string of the molecule is O=C(NCCc1nc2ccccc2[nH]1)c1csc(NC2CC2)n1. The van der Waals surface area contributed by atoms with Crippen molar-refractivity contribution in [1.29, 1.82) is 0 Å². The van der Waals surface area contributed by atoms with E-state index >= 15 is 0 Å². The largest absolute Gasteiger partial charge is 0.359 e. The van der Waals surface area contributed by atoms with Crippen molar-refractivity contribution in [2.24, 2.45) is 0 Å². The normalized spacial score (nSPS) is 14.1. The number of carbonyl (C=O) groups excluding carboxylic acids is 1. The molecule has 1 aromatic carbocycles. The molecule has 4 rings (SSSR count). The molecule has 7 heteroatoms. The summed E-state index contributed by atoms with van der Waals surface area (Å²) in [6, 6.07) is 8.45. The van der Waals surface area contributed by atoms with E-state index in [0.29, 0.717) is 24.7 Å². The lowest BCUT2D eigenvalue weighted by Gasteiger charge is -2.01. The van der Waals surface area contributed by atoms with Gasteiger partial charge >= 0.3 is 0 Å². The Labute approximate surface area is 137 Å². The van der Waals surface area contributed by atoms with Crippen LogP contribution in [0.3, 0.4) is 0 Å². The molecule has 0 aliphatic heterocycles. The number of amides is 1. The minimum Gasteiger partial charge on any atom is -0.359 e. The number of hydrogen-bond acceptors (Lipinski definition) is 5. The number of para-hydroxylation sites is 2. The third kappa shape index (κ3) is 3.34. The van der Waals surface area contributed by atoms with Gasteiger partial charge in [-0.1, -0.05) is 12.1 Å². The smallest absolute Gasteiger partial charge is 0.270 e. The van der Waals surface area contributed by atoms with Crippen molar-refractivity contribution in [3.63, 3.8) is 0 Å². The first-order valence-electron chi connectivity index (χ1n) is 7.72. The second-order valence-electron chi connectivity index (χ2n) is 5.66. The molecule has 0 radical (unpaired) electrons. The fourth-order valence-corrected chi connectivity index (χ4v) is 3.12. The second kappa shape index (κ2) is 6.00. The Hall–Kier alpha value is -2.41. The van der Waals surface area contributed by atoms with Crippen molar-refractivity contribution in [2.75, 3.05) is 11.9 Å². The summed E-state index contributed by atoms with van der Waals surface area (Å²) in [5.41, 5.74) is 2.44. The van der Waals surface area contributed by atoms with Crippen LogP contribution in [0.4, 0.5) is 5.13 Å². The van der Waals surface area contributed by atoms with Crippen molar-refractivity contribution < 1.29 is 4.79 Å². The van der Waals surface area contributed by atoms with Gasteiger partial charge in [0, 0.05) is 24.4 Å². The molecule has 0 saturated heterocycles. The summed E-state index contributed by atoms with van der Waals surface area (Å²) in [5, 5.41) is 8.81. The molecule has 1 aliphatic rings. The van der Waals surface area contributed by atoms with Crippen LogP contribution < -0.4 is 10.6 Å². The van der Waals surface area contributed by atoms with E-state index in [-0.39, 0.29) is 5.91 Å². The number of anilines is 1. The van der Waals surface area contributed by atoms with E-state index in [4.69, 9.17) is 0 Å². The first kappa shape index (κ1) is 14.2. The van der Waals surface area contributed by atoms with Gasteiger partial charge in [0.2, 0.25) is 0 Å². The molecule has 23 heavy (non-hydrogen) atoms. The number of rotatable bonds is 6. The molecular formula is C16H17N5OS.